The van der Waals surface area contributed by atoms with Crippen LogP contribution in [0.25, 0.3) is 10.9 Å². The molecule has 1 N–H and O–H groups in total. The van der Waals surface area contributed by atoms with E-state index in [1.165, 1.54) is 34.3 Å². The monoisotopic (exact) mass is 254 g/mol. The first-order chi connectivity index (χ1) is 9.00. The van der Waals surface area contributed by atoms with Crippen LogP contribution in [-0.4, -0.2) is 12.0 Å². The summed E-state index contributed by atoms with van der Waals surface area (Å²) in [4.78, 5) is 4.85. The molecule has 1 aromatic heterocycles. The molecule has 1 heterocycles. The minimum Gasteiger partial charge on any atom is -0.387 e. The third kappa shape index (κ3) is 1.99. The number of hydrogen-bond donors (Lipinski definition) is 1. The second-order valence-corrected chi connectivity index (χ2v) is 6.50. The minimum absolute atomic E-state index is 0.179. The molecule has 1 aliphatic carbocycles. The summed E-state index contributed by atoms with van der Waals surface area (Å²) in [6, 6.07) is 6.71. The summed E-state index contributed by atoms with van der Waals surface area (Å²) >= 11 is 0. The number of pyridine rings is 1. The van der Waals surface area contributed by atoms with Crippen LogP contribution in [0, 0.1) is 0 Å². The Labute approximate surface area is 115 Å². The fourth-order valence-corrected chi connectivity index (χ4v) is 3.01. The number of benzene rings is 1. The van der Waals surface area contributed by atoms with E-state index < -0.39 is 0 Å². The highest BCUT2D eigenvalue weighted by Crippen LogP contribution is 2.35. The van der Waals surface area contributed by atoms with Crippen LogP contribution in [0.1, 0.15) is 44.0 Å². The number of aryl methyl sites for hydroxylation is 1. The van der Waals surface area contributed by atoms with E-state index in [2.05, 4.69) is 44.3 Å². The Morgan fingerprint density at radius 2 is 1.95 bits per heavy atom. The summed E-state index contributed by atoms with van der Waals surface area (Å²) in [5.41, 5.74) is 6.69. The standard InChI is InChI=1S/C17H22N2/c1-17(2,3)11-8-9-15-13(10-11)16(18-4)12-6-5-7-14(12)19-15/h8-10H,5-7H2,1-4H3,(H,18,19). The molecular formula is C17H22N2. The topological polar surface area (TPSA) is 24.9 Å². The van der Waals surface area contributed by atoms with Crippen LogP contribution in [0.3, 0.4) is 0 Å². The molecule has 0 spiro atoms. The SMILES string of the molecule is CNc1c2c(nc3ccc(C(C)(C)C)cc13)CCC2. The Kier molecular flexibility index (Phi) is 2.77. The molecule has 2 nitrogen and oxygen atoms in total. The molecule has 3 rings (SSSR count). The van der Waals surface area contributed by atoms with E-state index in [1.54, 1.807) is 0 Å². The van der Waals surface area contributed by atoms with Gasteiger partial charge in [0.05, 0.1) is 5.52 Å². The summed E-state index contributed by atoms with van der Waals surface area (Å²) in [6.07, 6.45) is 3.52. The average Bonchev–Trinajstić information content (AvgIpc) is 2.81. The molecule has 2 aromatic rings. The zero-order valence-electron chi connectivity index (χ0n) is 12.3. The van der Waals surface area contributed by atoms with Crippen molar-refractivity contribution in [2.75, 3.05) is 12.4 Å². The lowest BCUT2D eigenvalue weighted by Crippen LogP contribution is -2.11. The average molecular weight is 254 g/mol. The van der Waals surface area contributed by atoms with Crippen LogP contribution in [0.4, 0.5) is 5.69 Å². The first kappa shape index (κ1) is 12.5. The van der Waals surface area contributed by atoms with E-state index >= 15 is 0 Å². The quantitative estimate of drug-likeness (QED) is 0.830. The van der Waals surface area contributed by atoms with E-state index in [-0.39, 0.29) is 5.41 Å². The van der Waals surface area contributed by atoms with Crippen molar-refractivity contribution in [1.29, 1.82) is 0 Å². The van der Waals surface area contributed by atoms with Gasteiger partial charge in [-0.15, -0.1) is 0 Å². The number of hydrogen-bond acceptors (Lipinski definition) is 2. The molecule has 0 unspecified atom stereocenters. The van der Waals surface area contributed by atoms with Gasteiger partial charge in [-0.05, 0) is 47.9 Å². The maximum atomic E-state index is 4.85. The Hall–Kier alpha value is -1.57. The zero-order valence-corrected chi connectivity index (χ0v) is 12.3. The maximum Gasteiger partial charge on any atom is 0.0726 e. The fraction of sp³-hybridized carbons (Fsp3) is 0.471. The van der Waals surface area contributed by atoms with Crippen LogP contribution >= 0.6 is 0 Å². The van der Waals surface area contributed by atoms with Gasteiger partial charge >= 0.3 is 0 Å². The predicted molar refractivity (Wildman–Crippen MR) is 82.0 cm³/mol. The molecule has 0 bridgehead atoms. The van der Waals surface area contributed by atoms with E-state index in [1.807, 2.05) is 7.05 Å². The van der Waals surface area contributed by atoms with Crippen LogP contribution in [0.5, 0.6) is 0 Å². The Morgan fingerprint density at radius 3 is 2.63 bits per heavy atom. The molecule has 0 aliphatic heterocycles. The van der Waals surface area contributed by atoms with E-state index in [9.17, 15) is 0 Å². The lowest BCUT2D eigenvalue weighted by Gasteiger charge is -2.20. The van der Waals surface area contributed by atoms with Crippen molar-refractivity contribution in [3.63, 3.8) is 0 Å². The predicted octanol–water partition coefficient (Wildman–Crippen LogP) is 4.06. The van der Waals surface area contributed by atoms with Crippen molar-refractivity contribution in [3.8, 4) is 0 Å². The molecule has 0 fully saturated rings. The molecule has 2 heteroatoms. The number of fused-ring (bicyclic) bond motifs is 2. The normalized spacial score (nSPS) is 14.7. The third-order valence-electron chi connectivity index (χ3n) is 4.13. The van der Waals surface area contributed by atoms with Crippen LogP contribution in [-0.2, 0) is 18.3 Å². The van der Waals surface area contributed by atoms with Crippen LogP contribution < -0.4 is 5.32 Å². The van der Waals surface area contributed by atoms with Gasteiger partial charge in [-0.1, -0.05) is 26.8 Å². The van der Waals surface area contributed by atoms with Crippen molar-refractivity contribution in [1.82, 2.24) is 4.98 Å². The molecule has 1 aliphatic rings. The van der Waals surface area contributed by atoms with Crippen molar-refractivity contribution >= 4 is 16.6 Å². The molecule has 0 saturated carbocycles. The largest absolute Gasteiger partial charge is 0.387 e. The van der Waals surface area contributed by atoms with Crippen molar-refractivity contribution in [3.05, 3.63) is 35.0 Å². The number of nitrogens with zero attached hydrogens (tertiary/aromatic N) is 1. The van der Waals surface area contributed by atoms with Crippen molar-refractivity contribution < 1.29 is 0 Å². The lowest BCUT2D eigenvalue weighted by molar-refractivity contribution is 0.591. The number of rotatable bonds is 1. The van der Waals surface area contributed by atoms with Crippen LogP contribution in [0.2, 0.25) is 0 Å². The van der Waals surface area contributed by atoms with Gasteiger partial charge in [-0.2, -0.15) is 0 Å². The van der Waals surface area contributed by atoms with Gasteiger partial charge in [0, 0.05) is 23.8 Å². The highest BCUT2D eigenvalue weighted by atomic mass is 14.9. The number of aromatic nitrogens is 1. The van der Waals surface area contributed by atoms with E-state index in [4.69, 9.17) is 4.98 Å². The maximum absolute atomic E-state index is 4.85. The summed E-state index contributed by atoms with van der Waals surface area (Å²) in [5.74, 6) is 0. The van der Waals surface area contributed by atoms with Gasteiger partial charge in [-0.25, -0.2) is 0 Å². The summed E-state index contributed by atoms with van der Waals surface area (Å²) in [5, 5.41) is 4.68. The second-order valence-electron chi connectivity index (χ2n) is 6.50. The number of nitrogens with one attached hydrogen (secondary N) is 1. The summed E-state index contributed by atoms with van der Waals surface area (Å²) < 4.78 is 0. The molecular weight excluding hydrogens is 232 g/mol. The molecule has 0 radical (unpaired) electrons. The highest BCUT2D eigenvalue weighted by molar-refractivity contribution is 5.94. The molecule has 19 heavy (non-hydrogen) atoms. The van der Waals surface area contributed by atoms with E-state index in [0.29, 0.717) is 0 Å². The van der Waals surface area contributed by atoms with Crippen molar-refractivity contribution in [2.24, 2.45) is 0 Å². The molecule has 100 valence electrons. The van der Waals surface area contributed by atoms with Gasteiger partial charge < -0.3 is 5.32 Å². The lowest BCUT2D eigenvalue weighted by atomic mass is 9.86. The third-order valence-corrected chi connectivity index (χ3v) is 4.13. The van der Waals surface area contributed by atoms with Gasteiger partial charge in [0.15, 0.2) is 0 Å². The molecule has 0 atom stereocenters. The van der Waals surface area contributed by atoms with E-state index in [0.717, 1.165) is 18.4 Å². The first-order valence-electron chi connectivity index (χ1n) is 7.14. The van der Waals surface area contributed by atoms with Crippen molar-refractivity contribution in [2.45, 2.75) is 45.4 Å². The first-order valence-corrected chi connectivity index (χ1v) is 7.14. The molecule has 0 amide bonds. The van der Waals surface area contributed by atoms with Gasteiger partial charge in [0.2, 0.25) is 0 Å². The minimum atomic E-state index is 0.179. The van der Waals surface area contributed by atoms with Gasteiger partial charge in [0.1, 0.15) is 0 Å². The Bertz CT molecular complexity index is 636. The van der Waals surface area contributed by atoms with Gasteiger partial charge in [0.25, 0.3) is 0 Å². The Morgan fingerprint density at radius 1 is 1.16 bits per heavy atom. The summed E-state index contributed by atoms with van der Waals surface area (Å²) in [6.45, 7) is 6.77. The fourth-order valence-electron chi connectivity index (χ4n) is 3.01. The Balaban J connectivity index is 2.30. The summed E-state index contributed by atoms with van der Waals surface area (Å²) in [7, 11) is 2.02. The zero-order chi connectivity index (χ0) is 13.6. The molecule has 0 saturated heterocycles. The second kappa shape index (κ2) is 4.22. The molecule has 1 aromatic carbocycles. The van der Waals surface area contributed by atoms with Crippen LogP contribution in [0.15, 0.2) is 18.2 Å². The van der Waals surface area contributed by atoms with Gasteiger partial charge in [-0.3, -0.25) is 4.98 Å². The number of anilines is 1. The smallest absolute Gasteiger partial charge is 0.0726 e. The highest BCUT2D eigenvalue weighted by Gasteiger charge is 2.20.